The molecule has 19 heavy (non-hydrogen) atoms. The third-order valence-electron chi connectivity index (χ3n) is 3.13. The van der Waals surface area contributed by atoms with Crippen LogP contribution in [0.5, 0.6) is 5.75 Å². The Balaban J connectivity index is 1.84. The molecule has 0 saturated carbocycles. The molecule has 3 nitrogen and oxygen atoms in total. The second kappa shape index (κ2) is 6.23. The molecular weight excluding hydrogens is 238 g/mol. The van der Waals surface area contributed by atoms with Crippen LogP contribution in [-0.4, -0.2) is 17.5 Å². The summed E-state index contributed by atoms with van der Waals surface area (Å²) in [5, 5.41) is 0. The van der Waals surface area contributed by atoms with Gasteiger partial charge in [-0.05, 0) is 49.6 Å². The maximum absolute atomic E-state index is 10.8. The van der Waals surface area contributed by atoms with Gasteiger partial charge in [-0.25, -0.2) is 0 Å². The molecule has 0 radical (unpaired) electrons. The topological polar surface area (TPSA) is 31.2 Å². The molecule has 0 N–H and O–H groups in total. The monoisotopic (exact) mass is 257 g/mol. The van der Waals surface area contributed by atoms with Crippen LogP contribution in [0.2, 0.25) is 0 Å². The van der Waals surface area contributed by atoms with Crippen LogP contribution in [0.3, 0.4) is 0 Å². The Labute approximate surface area is 113 Å². The number of hydrogen-bond donors (Lipinski definition) is 0. The third-order valence-corrected chi connectivity index (χ3v) is 3.13. The molecule has 0 saturated heterocycles. The molecule has 100 valence electrons. The summed E-state index contributed by atoms with van der Waals surface area (Å²) in [4.78, 5) is 10.8. The smallest absolute Gasteiger partial charge is 0.166 e. The Morgan fingerprint density at radius 3 is 2.89 bits per heavy atom. The molecule has 1 aromatic carbocycles. The summed E-state index contributed by atoms with van der Waals surface area (Å²) in [5.74, 6) is 0.947. The first kappa shape index (κ1) is 13.4. The first-order valence-corrected chi connectivity index (χ1v) is 6.51. The van der Waals surface area contributed by atoms with Crippen LogP contribution in [0.4, 0.5) is 0 Å². The molecule has 0 atom stereocenters. The molecule has 0 aliphatic carbocycles. The molecule has 0 spiro atoms. The van der Waals surface area contributed by atoms with Gasteiger partial charge in [0.25, 0.3) is 0 Å². The maximum Gasteiger partial charge on any atom is 0.166 e. The molecule has 1 heterocycles. The van der Waals surface area contributed by atoms with Gasteiger partial charge >= 0.3 is 0 Å². The zero-order chi connectivity index (χ0) is 13.7. The number of aromatic nitrogens is 1. The summed E-state index contributed by atoms with van der Waals surface area (Å²) in [7, 11) is 0. The minimum absolute atomic E-state index is 0.654. The van der Waals surface area contributed by atoms with E-state index in [-0.39, 0.29) is 0 Å². The molecule has 3 heteroatoms. The maximum atomic E-state index is 10.8. The zero-order valence-electron chi connectivity index (χ0n) is 11.4. The summed E-state index contributed by atoms with van der Waals surface area (Å²) in [6.07, 6.45) is 3.68. The first-order chi connectivity index (χ1) is 9.20. The van der Waals surface area contributed by atoms with E-state index in [1.54, 1.807) is 0 Å². The second-order valence-electron chi connectivity index (χ2n) is 4.72. The van der Waals surface area contributed by atoms with Crippen molar-refractivity contribution in [3.05, 3.63) is 53.3 Å². The van der Waals surface area contributed by atoms with Crippen molar-refractivity contribution in [3.63, 3.8) is 0 Å². The van der Waals surface area contributed by atoms with Crippen molar-refractivity contribution in [3.8, 4) is 5.75 Å². The van der Waals surface area contributed by atoms with Crippen molar-refractivity contribution in [2.75, 3.05) is 6.61 Å². The normalized spacial score (nSPS) is 10.4. The number of rotatable bonds is 6. The number of carbonyl (C=O) groups excluding carboxylic acids is 1. The fourth-order valence-electron chi connectivity index (χ4n) is 2.02. The zero-order valence-corrected chi connectivity index (χ0v) is 11.4. The van der Waals surface area contributed by atoms with Gasteiger partial charge in [0.15, 0.2) is 6.29 Å². The summed E-state index contributed by atoms with van der Waals surface area (Å²) in [6.45, 7) is 5.56. The molecule has 2 aromatic rings. The molecule has 1 aromatic heterocycles. The predicted molar refractivity (Wildman–Crippen MR) is 75.8 cm³/mol. The summed E-state index contributed by atoms with van der Waals surface area (Å²) >= 11 is 0. The number of hydrogen-bond acceptors (Lipinski definition) is 2. The van der Waals surface area contributed by atoms with Gasteiger partial charge < -0.3 is 9.30 Å². The van der Waals surface area contributed by atoms with Gasteiger partial charge in [0, 0.05) is 12.7 Å². The molecule has 0 aliphatic heterocycles. The van der Waals surface area contributed by atoms with Crippen molar-refractivity contribution in [1.29, 1.82) is 0 Å². The number of carbonyl (C=O) groups is 1. The fourth-order valence-corrected chi connectivity index (χ4v) is 2.02. The molecular formula is C16H19NO2. The van der Waals surface area contributed by atoms with E-state index in [9.17, 15) is 4.79 Å². The van der Waals surface area contributed by atoms with Crippen LogP contribution in [0.25, 0.3) is 0 Å². The SMILES string of the molecule is Cc1ccc(C)c(OCCCn2cccc2C=O)c1. The van der Waals surface area contributed by atoms with Gasteiger partial charge in [-0.3, -0.25) is 4.79 Å². The lowest BCUT2D eigenvalue weighted by atomic mass is 10.1. The predicted octanol–water partition coefficient (Wildman–Crippen LogP) is 3.39. The van der Waals surface area contributed by atoms with Crippen LogP contribution in [0.15, 0.2) is 36.5 Å². The molecule has 0 amide bonds. The van der Waals surface area contributed by atoms with Gasteiger partial charge in [-0.1, -0.05) is 12.1 Å². The van der Waals surface area contributed by atoms with Crippen molar-refractivity contribution in [2.24, 2.45) is 0 Å². The average molecular weight is 257 g/mol. The van der Waals surface area contributed by atoms with Gasteiger partial charge in [0.2, 0.25) is 0 Å². The number of aryl methyl sites for hydroxylation is 3. The summed E-state index contributed by atoms with van der Waals surface area (Å²) < 4.78 is 7.73. The number of nitrogens with zero attached hydrogens (tertiary/aromatic N) is 1. The standard InChI is InChI=1S/C16H19NO2/c1-13-6-7-14(2)16(11-13)19-10-4-9-17-8-3-5-15(17)12-18/h3,5-8,11-12H,4,9-10H2,1-2H3. The van der Waals surface area contributed by atoms with E-state index in [0.29, 0.717) is 12.3 Å². The number of benzene rings is 1. The van der Waals surface area contributed by atoms with Crippen molar-refractivity contribution in [2.45, 2.75) is 26.8 Å². The van der Waals surface area contributed by atoms with Gasteiger partial charge in [-0.2, -0.15) is 0 Å². The average Bonchev–Trinajstić information content (AvgIpc) is 2.86. The van der Waals surface area contributed by atoms with E-state index in [4.69, 9.17) is 4.74 Å². The molecule has 0 unspecified atom stereocenters. The van der Waals surface area contributed by atoms with Gasteiger partial charge in [-0.15, -0.1) is 0 Å². The highest BCUT2D eigenvalue weighted by atomic mass is 16.5. The van der Waals surface area contributed by atoms with E-state index in [0.717, 1.165) is 30.6 Å². The molecule has 0 bridgehead atoms. The van der Waals surface area contributed by atoms with E-state index in [2.05, 4.69) is 25.1 Å². The van der Waals surface area contributed by atoms with E-state index in [1.165, 1.54) is 5.56 Å². The second-order valence-corrected chi connectivity index (χ2v) is 4.72. The van der Waals surface area contributed by atoms with Crippen LogP contribution in [-0.2, 0) is 6.54 Å². The highest BCUT2D eigenvalue weighted by molar-refractivity contribution is 5.72. The minimum atomic E-state index is 0.654. The Hall–Kier alpha value is -2.03. The molecule has 0 aliphatic rings. The number of aldehydes is 1. The Morgan fingerprint density at radius 2 is 2.11 bits per heavy atom. The van der Waals surface area contributed by atoms with Crippen LogP contribution >= 0.6 is 0 Å². The highest BCUT2D eigenvalue weighted by Gasteiger charge is 2.01. The van der Waals surface area contributed by atoms with E-state index >= 15 is 0 Å². The largest absolute Gasteiger partial charge is 0.493 e. The quantitative estimate of drug-likeness (QED) is 0.586. The summed E-state index contributed by atoms with van der Waals surface area (Å²) in [6, 6.07) is 9.91. The fraction of sp³-hybridized carbons (Fsp3) is 0.312. The van der Waals surface area contributed by atoms with E-state index in [1.807, 2.05) is 29.8 Å². The highest BCUT2D eigenvalue weighted by Crippen LogP contribution is 2.19. The van der Waals surface area contributed by atoms with Crippen LogP contribution < -0.4 is 4.74 Å². The lowest BCUT2D eigenvalue weighted by Gasteiger charge is -2.10. The van der Waals surface area contributed by atoms with Crippen molar-refractivity contribution < 1.29 is 9.53 Å². The Morgan fingerprint density at radius 1 is 1.26 bits per heavy atom. The van der Waals surface area contributed by atoms with Crippen LogP contribution in [0, 0.1) is 13.8 Å². The lowest BCUT2D eigenvalue weighted by Crippen LogP contribution is -2.06. The number of ether oxygens (including phenoxy) is 1. The van der Waals surface area contributed by atoms with E-state index < -0.39 is 0 Å². The van der Waals surface area contributed by atoms with Crippen LogP contribution in [0.1, 0.15) is 28.0 Å². The Bertz CT molecular complexity index is 558. The first-order valence-electron chi connectivity index (χ1n) is 6.51. The third kappa shape index (κ3) is 3.47. The van der Waals surface area contributed by atoms with Gasteiger partial charge in [0.1, 0.15) is 5.75 Å². The molecule has 0 fully saturated rings. The van der Waals surface area contributed by atoms with Crippen molar-refractivity contribution in [1.82, 2.24) is 4.57 Å². The minimum Gasteiger partial charge on any atom is -0.493 e. The lowest BCUT2D eigenvalue weighted by molar-refractivity contribution is 0.111. The van der Waals surface area contributed by atoms with Crippen molar-refractivity contribution >= 4 is 6.29 Å². The Kier molecular flexibility index (Phi) is 4.39. The van der Waals surface area contributed by atoms with Gasteiger partial charge in [0.05, 0.1) is 12.3 Å². The molecule has 2 rings (SSSR count). The summed E-state index contributed by atoms with van der Waals surface area (Å²) in [5.41, 5.74) is 3.07.